The van der Waals surface area contributed by atoms with Gasteiger partial charge in [-0.2, -0.15) is 0 Å². The Morgan fingerprint density at radius 3 is 2.46 bits per heavy atom. The molecule has 0 aliphatic carbocycles. The van der Waals surface area contributed by atoms with E-state index in [0.29, 0.717) is 41.2 Å². The lowest BCUT2D eigenvalue weighted by atomic mass is 10.0. The predicted molar refractivity (Wildman–Crippen MR) is 113 cm³/mol. The molecule has 0 saturated heterocycles. The van der Waals surface area contributed by atoms with Crippen LogP contribution in [0.5, 0.6) is 11.5 Å². The van der Waals surface area contributed by atoms with Gasteiger partial charge in [0.2, 0.25) is 0 Å². The first-order chi connectivity index (χ1) is 13.3. The van der Waals surface area contributed by atoms with Crippen LogP contribution < -0.4 is 14.8 Å². The van der Waals surface area contributed by atoms with Crippen molar-refractivity contribution in [1.82, 2.24) is 10.2 Å². The van der Waals surface area contributed by atoms with E-state index in [2.05, 4.69) is 24.1 Å². The minimum absolute atomic E-state index is 0.136. The zero-order chi connectivity index (χ0) is 20.7. The minimum Gasteiger partial charge on any atom is -0.493 e. The minimum atomic E-state index is -0.136. The summed E-state index contributed by atoms with van der Waals surface area (Å²) in [5, 5.41) is 3.65. The van der Waals surface area contributed by atoms with Crippen LogP contribution in [0, 0.1) is 5.92 Å². The molecule has 0 aliphatic heterocycles. The van der Waals surface area contributed by atoms with Crippen molar-refractivity contribution in [3.8, 4) is 11.5 Å². The summed E-state index contributed by atoms with van der Waals surface area (Å²) < 4.78 is 11.3. The highest BCUT2D eigenvalue weighted by molar-refractivity contribution is 6.31. The van der Waals surface area contributed by atoms with Crippen molar-refractivity contribution in [2.24, 2.45) is 5.92 Å². The quantitative estimate of drug-likeness (QED) is 0.679. The average molecular weight is 405 g/mol. The molecule has 0 aliphatic rings. The number of amides is 1. The lowest BCUT2D eigenvalue weighted by Crippen LogP contribution is -2.43. The molecule has 6 heteroatoms. The standard InChI is InChI=1S/C22H29ClN2O3/c1-15(2)19(25(3)4)13-24-22(26)16-10-11-20(21(12-16)27-5)28-14-17-8-6-7-9-18(17)23/h6-12,15,19H,13-14H2,1-5H3,(H,24,26)/t19-/m0/s1. The molecule has 28 heavy (non-hydrogen) atoms. The van der Waals surface area contributed by atoms with Gasteiger partial charge in [-0.05, 0) is 44.3 Å². The number of benzene rings is 2. The summed E-state index contributed by atoms with van der Waals surface area (Å²) >= 11 is 6.17. The van der Waals surface area contributed by atoms with Crippen molar-refractivity contribution >= 4 is 17.5 Å². The van der Waals surface area contributed by atoms with Crippen molar-refractivity contribution in [3.05, 3.63) is 58.6 Å². The van der Waals surface area contributed by atoms with Crippen molar-refractivity contribution in [2.45, 2.75) is 26.5 Å². The van der Waals surface area contributed by atoms with Crippen molar-refractivity contribution in [3.63, 3.8) is 0 Å². The molecule has 2 rings (SSSR count). The Balaban J connectivity index is 2.05. The number of carbonyl (C=O) groups is 1. The summed E-state index contributed by atoms with van der Waals surface area (Å²) in [5.41, 5.74) is 1.42. The summed E-state index contributed by atoms with van der Waals surface area (Å²) in [6, 6.07) is 13.0. The smallest absolute Gasteiger partial charge is 0.251 e. The third kappa shape index (κ3) is 5.88. The third-order valence-corrected chi connectivity index (χ3v) is 5.04. The van der Waals surface area contributed by atoms with E-state index < -0.39 is 0 Å². The van der Waals surface area contributed by atoms with Gasteiger partial charge >= 0.3 is 0 Å². The highest BCUT2D eigenvalue weighted by Gasteiger charge is 2.18. The topological polar surface area (TPSA) is 50.8 Å². The molecule has 1 atom stereocenters. The molecule has 5 nitrogen and oxygen atoms in total. The van der Waals surface area contributed by atoms with Crippen LogP contribution >= 0.6 is 11.6 Å². The van der Waals surface area contributed by atoms with Gasteiger partial charge in [0.1, 0.15) is 6.61 Å². The molecule has 0 spiro atoms. The SMILES string of the molecule is COc1cc(C(=O)NC[C@@H](C(C)C)N(C)C)ccc1OCc1ccccc1Cl. The summed E-state index contributed by atoms with van der Waals surface area (Å²) in [6.07, 6.45) is 0. The zero-order valence-electron chi connectivity index (χ0n) is 17.2. The van der Waals surface area contributed by atoms with Crippen LogP contribution in [0.3, 0.4) is 0 Å². The van der Waals surface area contributed by atoms with Crippen LogP contribution in [0.1, 0.15) is 29.8 Å². The second kappa shape index (κ2) is 10.3. The van der Waals surface area contributed by atoms with E-state index in [1.807, 2.05) is 38.4 Å². The predicted octanol–water partition coefficient (Wildman–Crippen LogP) is 4.24. The Morgan fingerprint density at radius 2 is 1.86 bits per heavy atom. The molecule has 2 aromatic rings. The molecule has 0 saturated carbocycles. The zero-order valence-corrected chi connectivity index (χ0v) is 17.9. The third-order valence-electron chi connectivity index (χ3n) is 4.67. The van der Waals surface area contributed by atoms with Gasteiger partial charge < -0.3 is 19.7 Å². The maximum Gasteiger partial charge on any atom is 0.251 e. The molecular formula is C22H29ClN2O3. The van der Waals surface area contributed by atoms with E-state index in [9.17, 15) is 4.79 Å². The molecule has 0 heterocycles. The molecular weight excluding hydrogens is 376 g/mol. The number of halogens is 1. The van der Waals surface area contributed by atoms with Gasteiger partial charge in [-0.15, -0.1) is 0 Å². The second-order valence-electron chi connectivity index (χ2n) is 7.23. The molecule has 0 aromatic heterocycles. The Morgan fingerprint density at radius 1 is 1.14 bits per heavy atom. The van der Waals surface area contributed by atoms with Crippen LogP contribution in [0.2, 0.25) is 5.02 Å². The second-order valence-corrected chi connectivity index (χ2v) is 7.64. The van der Waals surface area contributed by atoms with E-state index in [1.165, 1.54) is 0 Å². The maximum absolute atomic E-state index is 12.6. The number of nitrogens with one attached hydrogen (secondary N) is 1. The van der Waals surface area contributed by atoms with Crippen molar-refractivity contribution < 1.29 is 14.3 Å². The molecule has 0 bridgehead atoms. The fourth-order valence-corrected chi connectivity index (χ4v) is 3.20. The number of rotatable bonds is 9. The molecule has 0 fully saturated rings. The Bertz CT molecular complexity index is 785. The highest BCUT2D eigenvalue weighted by atomic mass is 35.5. The molecule has 1 amide bonds. The van der Waals surface area contributed by atoms with Gasteiger partial charge in [-0.1, -0.05) is 43.6 Å². The van der Waals surface area contributed by atoms with Crippen LogP contribution in [0.25, 0.3) is 0 Å². The van der Waals surface area contributed by atoms with Gasteiger partial charge in [-0.3, -0.25) is 4.79 Å². The number of likely N-dealkylation sites (N-methyl/N-ethyl adjacent to an activating group) is 1. The van der Waals surface area contributed by atoms with E-state index in [4.69, 9.17) is 21.1 Å². The highest BCUT2D eigenvalue weighted by Crippen LogP contribution is 2.29. The molecule has 0 unspecified atom stereocenters. The fraction of sp³-hybridized carbons (Fsp3) is 0.409. The largest absolute Gasteiger partial charge is 0.493 e. The van der Waals surface area contributed by atoms with E-state index >= 15 is 0 Å². The van der Waals surface area contributed by atoms with Crippen LogP contribution in [0.4, 0.5) is 0 Å². The number of hydrogen-bond donors (Lipinski definition) is 1. The van der Waals surface area contributed by atoms with E-state index in [-0.39, 0.29) is 11.9 Å². The van der Waals surface area contributed by atoms with Crippen LogP contribution in [-0.4, -0.2) is 44.6 Å². The first kappa shape index (κ1) is 22.1. The average Bonchev–Trinajstić information content (AvgIpc) is 2.66. The lowest BCUT2D eigenvalue weighted by Gasteiger charge is -2.28. The Hall–Kier alpha value is -2.24. The summed E-state index contributed by atoms with van der Waals surface area (Å²) in [5.74, 6) is 1.37. The fourth-order valence-electron chi connectivity index (χ4n) is 3.01. The molecule has 2 aromatic carbocycles. The summed E-state index contributed by atoms with van der Waals surface area (Å²) in [4.78, 5) is 14.7. The molecule has 0 radical (unpaired) electrons. The number of carbonyl (C=O) groups excluding carboxylic acids is 1. The lowest BCUT2D eigenvalue weighted by molar-refractivity contribution is 0.0934. The number of ether oxygens (including phenoxy) is 2. The van der Waals surface area contributed by atoms with Gasteiger partial charge in [0, 0.05) is 28.7 Å². The summed E-state index contributed by atoms with van der Waals surface area (Å²) in [7, 11) is 5.59. The number of hydrogen-bond acceptors (Lipinski definition) is 4. The molecule has 152 valence electrons. The summed E-state index contributed by atoms with van der Waals surface area (Å²) in [6.45, 7) is 5.19. The van der Waals surface area contributed by atoms with E-state index in [0.717, 1.165) is 5.56 Å². The van der Waals surface area contributed by atoms with E-state index in [1.54, 1.807) is 25.3 Å². The van der Waals surface area contributed by atoms with Crippen LogP contribution in [0.15, 0.2) is 42.5 Å². The monoisotopic (exact) mass is 404 g/mol. The first-order valence-corrected chi connectivity index (χ1v) is 9.70. The Labute approximate surface area is 172 Å². The van der Waals surface area contributed by atoms with Crippen molar-refractivity contribution in [1.29, 1.82) is 0 Å². The van der Waals surface area contributed by atoms with Crippen molar-refractivity contribution in [2.75, 3.05) is 27.7 Å². The van der Waals surface area contributed by atoms with Gasteiger partial charge in [0.15, 0.2) is 11.5 Å². The van der Waals surface area contributed by atoms with Gasteiger partial charge in [0.25, 0.3) is 5.91 Å². The Kier molecular flexibility index (Phi) is 8.15. The first-order valence-electron chi connectivity index (χ1n) is 9.32. The number of methoxy groups -OCH3 is 1. The van der Waals surface area contributed by atoms with Crippen LogP contribution in [-0.2, 0) is 6.61 Å². The molecule has 1 N–H and O–H groups in total. The van der Waals surface area contributed by atoms with Gasteiger partial charge in [0.05, 0.1) is 7.11 Å². The number of nitrogens with zero attached hydrogens (tertiary/aromatic N) is 1. The maximum atomic E-state index is 12.6. The normalized spacial score (nSPS) is 12.1. The van der Waals surface area contributed by atoms with Gasteiger partial charge in [-0.25, -0.2) is 0 Å².